The summed E-state index contributed by atoms with van der Waals surface area (Å²) in [6.07, 6.45) is 1.53. The molecule has 0 saturated heterocycles. The van der Waals surface area contributed by atoms with Gasteiger partial charge in [0.2, 0.25) is 17.7 Å². The number of amides is 2. The first kappa shape index (κ1) is 23.1. The van der Waals surface area contributed by atoms with Gasteiger partial charge in [0.1, 0.15) is 0 Å². The molecular weight excluding hydrogens is 452 g/mol. The van der Waals surface area contributed by atoms with Crippen LogP contribution in [-0.2, 0) is 19.1 Å². The number of nitrogens with zero attached hydrogens (tertiary/aromatic N) is 3. The lowest BCUT2D eigenvalue weighted by Crippen LogP contribution is -2.22. The summed E-state index contributed by atoms with van der Waals surface area (Å²) in [5.41, 5.74) is 4.77. The van der Waals surface area contributed by atoms with Crippen molar-refractivity contribution in [3.8, 4) is 0 Å². The average Bonchev–Trinajstić information content (AvgIpc) is 3.38. The minimum atomic E-state index is -0.590. The topological polar surface area (TPSA) is 101 Å². The van der Waals surface area contributed by atoms with Crippen molar-refractivity contribution in [1.29, 1.82) is 0 Å². The molecule has 2 heterocycles. The lowest BCUT2D eigenvalue weighted by atomic mass is 10.1. The predicted molar refractivity (Wildman–Crippen MR) is 132 cm³/mol. The van der Waals surface area contributed by atoms with Gasteiger partial charge < -0.3 is 10.1 Å². The van der Waals surface area contributed by atoms with Gasteiger partial charge in [0, 0.05) is 30.5 Å². The number of carbonyl (C=O) groups excluding carboxylic acids is 3. The molecule has 0 spiro atoms. The largest absolute Gasteiger partial charge is 0.402 e. The zero-order valence-electron chi connectivity index (χ0n) is 19.1. The summed E-state index contributed by atoms with van der Waals surface area (Å²) in [7, 11) is 0. The molecular formula is C25H22N4O4S. The Bertz CT molecular complexity index is 1360. The van der Waals surface area contributed by atoms with E-state index < -0.39 is 5.97 Å². The van der Waals surface area contributed by atoms with E-state index in [9.17, 15) is 14.4 Å². The SMILES string of the molecule is CC(=O)Nc1ccc(C2=N/C(=C\c3csc(N(C(C)=O)c4ccc(C)c(C)c4)n3)C(=O)O2)cc1. The fourth-order valence-corrected chi connectivity index (χ4v) is 4.15. The number of hydrogen-bond donors (Lipinski definition) is 1. The molecule has 3 aromatic rings. The molecule has 1 aliphatic heterocycles. The summed E-state index contributed by atoms with van der Waals surface area (Å²) in [6.45, 7) is 6.91. The maximum atomic E-state index is 12.4. The van der Waals surface area contributed by atoms with Crippen molar-refractivity contribution in [2.24, 2.45) is 4.99 Å². The van der Waals surface area contributed by atoms with Gasteiger partial charge in [-0.15, -0.1) is 11.3 Å². The molecule has 172 valence electrons. The number of thiazole rings is 1. The number of anilines is 3. The van der Waals surface area contributed by atoms with Gasteiger partial charge in [-0.3, -0.25) is 14.5 Å². The summed E-state index contributed by atoms with van der Waals surface area (Å²) in [5, 5.41) is 4.92. The second-order valence-electron chi connectivity index (χ2n) is 7.77. The van der Waals surface area contributed by atoms with Crippen LogP contribution in [0.1, 0.15) is 36.2 Å². The van der Waals surface area contributed by atoms with E-state index in [0.29, 0.717) is 22.1 Å². The van der Waals surface area contributed by atoms with Crippen LogP contribution in [0.5, 0.6) is 0 Å². The number of aromatic nitrogens is 1. The van der Waals surface area contributed by atoms with Crippen LogP contribution in [0.2, 0.25) is 0 Å². The monoisotopic (exact) mass is 474 g/mol. The summed E-state index contributed by atoms with van der Waals surface area (Å²) >= 11 is 1.29. The van der Waals surface area contributed by atoms with E-state index in [0.717, 1.165) is 16.8 Å². The maximum absolute atomic E-state index is 12.4. The van der Waals surface area contributed by atoms with Crippen LogP contribution in [0, 0.1) is 13.8 Å². The summed E-state index contributed by atoms with van der Waals surface area (Å²) in [5.74, 6) is -0.763. The Morgan fingerprint density at radius 3 is 2.44 bits per heavy atom. The van der Waals surface area contributed by atoms with Gasteiger partial charge >= 0.3 is 5.97 Å². The Labute approximate surface area is 200 Å². The lowest BCUT2D eigenvalue weighted by molar-refractivity contribution is -0.130. The van der Waals surface area contributed by atoms with E-state index in [2.05, 4.69) is 15.3 Å². The van der Waals surface area contributed by atoms with Gasteiger partial charge in [0.05, 0.1) is 11.4 Å². The van der Waals surface area contributed by atoms with Crippen molar-refractivity contribution >= 4 is 57.6 Å². The van der Waals surface area contributed by atoms with Gasteiger partial charge in [-0.05, 0) is 67.4 Å². The number of nitrogens with one attached hydrogen (secondary N) is 1. The first-order chi connectivity index (χ1) is 16.2. The number of benzene rings is 2. The number of ether oxygens (including phenoxy) is 1. The van der Waals surface area contributed by atoms with Gasteiger partial charge in [0.25, 0.3) is 0 Å². The molecule has 1 N–H and O–H groups in total. The molecule has 9 heteroatoms. The van der Waals surface area contributed by atoms with Crippen molar-refractivity contribution in [3.63, 3.8) is 0 Å². The zero-order valence-corrected chi connectivity index (χ0v) is 19.9. The lowest BCUT2D eigenvalue weighted by Gasteiger charge is -2.19. The Morgan fingerprint density at radius 2 is 1.79 bits per heavy atom. The van der Waals surface area contributed by atoms with Crippen LogP contribution in [0.15, 0.2) is 58.5 Å². The van der Waals surface area contributed by atoms with Crippen molar-refractivity contribution in [2.45, 2.75) is 27.7 Å². The van der Waals surface area contributed by atoms with E-state index in [1.807, 2.05) is 32.0 Å². The molecule has 2 amide bonds. The minimum Gasteiger partial charge on any atom is -0.402 e. The number of carbonyl (C=O) groups is 3. The smallest absolute Gasteiger partial charge is 0.363 e. The third-order valence-corrected chi connectivity index (χ3v) is 5.97. The van der Waals surface area contributed by atoms with Crippen LogP contribution in [0.3, 0.4) is 0 Å². The average molecular weight is 475 g/mol. The van der Waals surface area contributed by atoms with Crippen molar-refractivity contribution in [1.82, 2.24) is 4.98 Å². The summed E-state index contributed by atoms with van der Waals surface area (Å²) in [6, 6.07) is 12.6. The second kappa shape index (κ2) is 9.40. The van der Waals surface area contributed by atoms with Crippen molar-refractivity contribution in [3.05, 3.63) is 75.9 Å². The highest BCUT2D eigenvalue weighted by atomic mass is 32.1. The van der Waals surface area contributed by atoms with Gasteiger partial charge in [-0.25, -0.2) is 14.8 Å². The van der Waals surface area contributed by atoms with E-state index >= 15 is 0 Å². The molecule has 1 aromatic heterocycles. The molecule has 1 aliphatic rings. The molecule has 0 aliphatic carbocycles. The normalized spacial score (nSPS) is 14.1. The molecule has 0 unspecified atom stereocenters. The van der Waals surface area contributed by atoms with Gasteiger partial charge in [-0.2, -0.15) is 0 Å². The Balaban J connectivity index is 1.58. The zero-order chi connectivity index (χ0) is 24.4. The minimum absolute atomic E-state index is 0.110. The van der Waals surface area contributed by atoms with Crippen LogP contribution in [-0.4, -0.2) is 28.7 Å². The summed E-state index contributed by atoms with van der Waals surface area (Å²) in [4.78, 5) is 46.3. The van der Waals surface area contributed by atoms with Crippen molar-refractivity contribution < 1.29 is 19.1 Å². The first-order valence-electron chi connectivity index (χ1n) is 10.5. The van der Waals surface area contributed by atoms with Crippen LogP contribution in [0.4, 0.5) is 16.5 Å². The molecule has 0 saturated carbocycles. The quantitative estimate of drug-likeness (QED) is 0.425. The van der Waals surface area contributed by atoms with Crippen LogP contribution in [0.25, 0.3) is 6.08 Å². The second-order valence-corrected chi connectivity index (χ2v) is 8.61. The molecule has 4 rings (SSSR count). The van der Waals surface area contributed by atoms with E-state index in [4.69, 9.17) is 4.74 Å². The highest BCUT2D eigenvalue weighted by molar-refractivity contribution is 7.14. The number of rotatable bonds is 5. The van der Waals surface area contributed by atoms with Gasteiger partial charge in [-0.1, -0.05) is 6.07 Å². The first-order valence-corrected chi connectivity index (χ1v) is 11.3. The molecule has 0 bridgehead atoms. The van der Waals surface area contributed by atoms with E-state index in [1.165, 1.54) is 36.2 Å². The molecule has 8 nitrogen and oxygen atoms in total. The third-order valence-electron chi connectivity index (χ3n) is 5.12. The Hall–Kier alpha value is -4.11. The fraction of sp³-hybridized carbons (Fsp3) is 0.160. The maximum Gasteiger partial charge on any atom is 0.363 e. The highest BCUT2D eigenvalue weighted by Crippen LogP contribution is 2.31. The van der Waals surface area contributed by atoms with E-state index in [1.54, 1.807) is 29.6 Å². The number of hydrogen-bond acceptors (Lipinski definition) is 7. The molecule has 0 fully saturated rings. The number of cyclic esters (lactones) is 1. The molecule has 0 atom stereocenters. The molecule has 0 radical (unpaired) electrons. The number of esters is 1. The number of aryl methyl sites for hydroxylation is 2. The van der Waals surface area contributed by atoms with Crippen LogP contribution < -0.4 is 10.2 Å². The molecule has 34 heavy (non-hydrogen) atoms. The standard InChI is InChI=1S/C25H22N4O4S/c1-14-5-10-21(11-15(14)2)29(17(4)31)25-27-20(13-34-25)12-22-24(32)33-23(28-22)18-6-8-19(9-7-18)26-16(3)30/h5-13H,1-4H3,(H,26,30)/b22-12-. The highest BCUT2D eigenvalue weighted by Gasteiger charge is 2.25. The summed E-state index contributed by atoms with van der Waals surface area (Å²) < 4.78 is 5.31. The van der Waals surface area contributed by atoms with E-state index in [-0.39, 0.29) is 23.4 Å². The predicted octanol–water partition coefficient (Wildman–Crippen LogP) is 4.75. The number of aliphatic imine (C=N–C) groups is 1. The fourth-order valence-electron chi connectivity index (χ4n) is 3.31. The van der Waals surface area contributed by atoms with Crippen LogP contribution >= 0.6 is 11.3 Å². The Kier molecular flexibility index (Phi) is 6.38. The van der Waals surface area contributed by atoms with Gasteiger partial charge in [0.15, 0.2) is 10.8 Å². The van der Waals surface area contributed by atoms with Crippen molar-refractivity contribution in [2.75, 3.05) is 10.2 Å². The molecule has 2 aromatic carbocycles. The third kappa shape index (κ3) is 4.94. The Morgan fingerprint density at radius 1 is 1.06 bits per heavy atom.